The highest BCUT2D eigenvalue weighted by molar-refractivity contribution is 5.90. The molecule has 0 aromatic heterocycles. The number of allylic oxidation sites excluding steroid dienone is 2. The lowest BCUT2D eigenvalue weighted by molar-refractivity contribution is -0.115. The Morgan fingerprint density at radius 3 is 2.25 bits per heavy atom. The van der Waals surface area contributed by atoms with Crippen molar-refractivity contribution in [2.24, 2.45) is 11.7 Å². The van der Waals surface area contributed by atoms with Gasteiger partial charge < -0.3 is 5.73 Å². The molecular formula is C10H19NO. The third-order valence-corrected chi connectivity index (χ3v) is 1.74. The van der Waals surface area contributed by atoms with Crippen LogP contribution >= 0.6 is 0 Å². The lowest BCUT2D eigenvalue weighted by atomic mass is 9.99. The maximum absolute atomic E-state index is 11.2. The van der Waals surface area contributed by atoms with Crippen molar-refractivity contribution >= 4 is 5.78 Å². The van der Waals surface area contributed by atoms with Crippen LogP contribution in [0.25, 0.3) is 0 Å². The molecule has 12 heavy (non-hydrogen) atoms. The van der Waals surface area contributed by atoms with Crippen molar-refractivity contribution in [1.29, 1.82) is 0 Å². The monoisotopic (exact) mass is 169 g/mol. The second kappa shape index (κ2) is 5.09. The van der Waals surface area contributed by atoms with E-state index in [9.17, 15) is 4.79 Å². The summed E-state index contributed by atoms with van der Waals surface area (Å²) in [5.74, 6) is 0.510. The van der Waals surface area contributed by atoms with Crippen LogP contribution in [0.4, 0.5) is 0 Å². The van der Waals surface area contributed by atoms with E-state index in [4.69, 9.17) is 5.73 Å². The van der Waals surface area contributed by atoms with Gasteiger partial charge in [0.05, 0.1) is 0 Å². The Morgan fingerprint density at radius 1 is 1.42 bits per heavy atom. The predicted octanol–water partition coefficient (Wildman–Crippen LogP) is 1.90. The smallest absolute Gasteiger partial charge is 0.157 e. The molecule has 2 N–H and O–H groups in total. The molecule has 0 aromatic carbocycles. The molecule has 0 heterocycles. The van der Waals surface area contributed by atoms with Crippen molar-refractivity contribution in [3.8, 4) is 0 Å². The quantitative estimate of drug-likeness (QED) is 0.653. The second-order valence-electron chi connectivity index (χ2n) is 3.80. The van der Waals surface area contributed by atoms with Gasteiger partial charge in [-0.1, -0.05) is 19.4 Å². The van der Waals surface area contributed by atoms with Gasteiger partial charge in [-0.15, -0.1) is 0 Å². The molecule has 0 radical (unpaired) electrons. The van der Waals surface area contributed by atoms with E-state index in [0.717, 1.165) is 5.57 Å². The molecule has 0 fully saturated rings. The van der Waals surface area contributed by atoms with Crippen molar-refractivity contribution in [1.82, 2.24) is 0 Å². The van der Waals surface area contributed by atoms with Crippen LogP contribution in [0.1, 0.15) is 34.1 Å². The molecule has 0 bridgehead atoms. The Bertz CT molecular complexity index is 178. The van der Waals surface area contributed by atoms with Gasteiger partial charge in [0, 0.05) is 12.5 Å². The van der Waals surface area contributed by atoms with Crippen LogP contribution in [0, 0.1) is 5.92 Å². The number of nitrogens with two attached hydrogens (primary N) is 1. The minimum atomic E-state index is -0.00639. The maximum Gasteiger partial charge on any atom is 0.157 e. The van der Waals surface area contributed by atoms with Crippen LogP contribution in [-0.4, -0.2) is 11.8 Å². The van der Waals surface area contributed by atoms with E-state index < -0.39 is 0 Å². The van der Waals surface area contributed by atoms with Gasteiger partial charge in [-0.3, -0.25) is 4.79 Å². The summed E-state index contributed by atoms with van der Waals surface area (Å²) in [6.07, 6.45) is 2.12. The number of carbonyl (C=O) groups is 1. The van der Waals surface area contributed by atoms with E-state index in [-0.39, 0.29) is 11.8 Å². The Labute approximate surface area is 74.8 Å². The van der Waals surface area contributed by atoms with E-state index in [2.05, 4.69) is 0 Å². The summed E-state index contributed by atoms with van der Waals surface area (Å²) in [6.45, 7) is 7.89. The highest BCUT2D eigenvalue weighted by atomic mass is 16.1. The third-order valence-electron chi connectivity index (χ3n) is 1.74. The summed E-state index contributed by atoms with van der Waals surface area (Å²) in [5.41, 5.74) is 6.78. The number of hydrogen-bond acceptors (Lipinski definition) is 2. The Balaban J connectivity index is 3.94. The summed E-state index contributed by atoms with van der Waals surface area (Å²) in [7, 11) is 0. The maximum atomic E-state index is 11.2. The fourth-order valence-electron chi connectivity index (χ4n) is 0.849. The van der Waals surface area contributed by atoms with Crippen LogP contribution in [0.3, 0.4) is 0 Å². The summed E-state index contributed by atoms with van der Waals surface area (Å²) in [6, 6.07) is -0.00639. The zero-order valence-corrected chi connectivity index (χ0v) is 8.42. The average Bonchev–Trinajstić information content (AvgIpc) is 1.84. The Morgan fingerprint density at radius 2 is 1.92 bits per heavy atom. The van der Waals surface area contributed by atoms with Crippen molar-refractivity contribution in [3.05, 3.63) is 11.6 Å². The largest absolute Gasteiger partial charge is 0.327 e. The lowest BCUT2D eigenvalue weighted by Gasteiger charge is -2.12. The molecule has 0 aliphatic heterocycles. The predicted molar refractivity (Wildman–Crippen MR) is 51.9 cm³/mol. The van der Waals surface area contributed by atoms with Crippen LogP contribution < -0.4 is 5.73 Å². The van der Waals surface area contributed by atoms with Crippen LogP contribution in [0.5, 0.6) is 0 Å². The number of carbonyl (C=O) groups excluding carboxylic acids is 1. The molecule has 2 heteroatoms. The zero-order chi connectivity index (χ0) is 9.72. The highest BCUT2D eigenvalue weighted by Crippen LogP contribution is 2.04. The van der Waals surface area contributed by atoms with E-state index in [1.807, 2.05) is 27.7 Å². The fourth-order valence-corrected chi connectivity index (χ4v) is 0.849. The summed E-state index contributed by atoms with van der Waals surface area (Å²) in [5, 5.41) is 0. The van der Waals surface area contributed by atoms with Crippen molar-refractivity contribution in [2.75, 3.05) is 0 Å². The van der Waals surface area contributed by atoms with E-state index in [0.29, 0.717) is 12.3 Å². The van der Waals surface area contributed by atoms with Gasteiger partial charge in [0.1, 0.15) is 0 Å². The summed E-state index contributed by atoms with van der Waals surface area (Å²) < 4.78 is 0. The van der Waals surface area contributed by atoms with Crippen LogP contribution in [0.15, 0.2) is 11.6 Å². The summed E-state index contributed by atoms with van der Waals surface area (Å²) in [4.78, 5) is 11.2. The molecular weight excluding hydrogens is 150 g/mol. The first kappa shape index (κ1) is 11.4. The molecule has 1 atom stereocenters. The molecule has 70 valence electrons. The molecule has 0 aromatic rings. The van der Waals surface area contributed by atoms with E-state index >= 15 is 0 Å². The Hall–Kier alpha value is -0.630. The molecule has 0 aliphatic rings. The average molecular weight is 169 g/mol. The van der Waals surface area contributed by atoms with Crippen molar-refractivity contribution in [2.45, 2.75) is 40.2 Å². The topological polar surface area (TPSA) is 43.1 Å². The van der Waals surface area contributed by atoms with Gasteiger partial charge >= 0.3 is 0 Å². The van der Waals surface area contributed by atoms with E-state index in [1.165, 1.54) is 0 Å². The standard InChI is InChI=1S/C10H19NO/c1-7(2)5-9(12)6-10(11)8(3)4/h5,8,10H,6,11H2,1-4H3. The van der Waals surface area contributed by atoms with Gasteiger partial charge in [-0.05, 0) is 25.8 Å². The molecule has 2 nitrogen and oxygen atoms in total. The van der Waals surface area contributed by atoms with Gasteiger partial charge in [-0.2, -0.15) is 0 Å². The van der Waals surface area contributed by atoms with Gasteiger partial charge in [0.25, 0.3) is 0 Å². The van der Waals surface area contributed by atoms with Crippen LogP contribution in [0.2, 0.25) is 0 Å². The number of rotatable bonds is 4. The van der Waals surface area contributed by atoms with Crippen LogP contribution in [-0.2, 0) is 4.79 Å². The van der Waals surface area contributed by atoms with E-state index in [1.54, 1.807) is 6.08 Å². The first-order valence-corrected chi connectivity index (χ1v) is 4.36. The first-order chi connectivity index (χ1) is 5.43. The molecule has 1 unspecified atom stereocenters. The van der Waals surface area contributed by atoms with Gasteiger partial charge in [0.15, 0.2) is 5.78 Å². The fraction of sp³-hybridized carbons (Fsp3) is 0.700. The number of hydrogen-bond donors (Lipinski definition) is 1. The third kappa shape index (κ3) is 5.08. The Kier molecular flexibility index (Phi) is 4.83. The summed E-state index contributed by atoms with van der Waals surface area (Å²) >= 11 is 0. The molecule has 0 spiro atoms. The SMILES string of the molecule is CC(C)=CC(=O)CC(N)C(C)C. The minimum absolute atomic E-state index is 0.00639. The van der Waals surface area contributed by atoms with Gasteiger partial charge in [-0.25, -0.2) is 0 Å². The molecule has 0 saturated carbocycles. The molecule has 0 rings (SSSR count). The minimum Gasteiger partial charge on any atom is -0.327 e. The van der Waals surface area contributed by atoms with Gasteiger partial charge in [0.2, 0.25) is 0 Å². The zero-order valence-electron chi connectivity index (χ0n) is 8.42. The lowest BCUT2D eigenvalue weighted by Crippen LogP contribution is -2.28. The van der Waals surface area contributed by atoms with Crippen molar-refractivity contribution in [3.63, 3.8) is 0 Å². The molecule has 0 saturated heterocycles. The molecule has 0 aliphatic carbocycles. The highest BCUT2D eigenvalue weighted by Gasteiger charge is 2.10. The number of ketones is 1. The molecule has 0 amide bonds. The first-order valence-electron chi connectivity index (χ1n) is 4.36. The van der Waals surface area contributed by atoms with Crippen molar-refractivity contribution < 1.29 is 4.79 Å². The second-order valence-corrected chi connectivity index (χ2v) is 3.80. The normalized spacial score (nSPS) is 12.8.